The van der Waals surface area contributed by atoms with Crippen molar-refractivity contribution in [2.75, 3.05) is 36.4 Å². The van der Waals surface area contributed by atoms with E-state index in [1.807, 2.05) is 0 Å². The van der Waals surface area contributed by atoms with Crippen molar-refractivity contribution in [2.24, 2.45) is 0 Å². The lowest BCUT2D eigenvalue weighted by atomic mass is 10.3. The summed E-state index contributed by atoms with van der Waals surface area (Å²) in [6, 6.07) is 8.67. The minimum Gasteiger partial charge on any atom is -0.475 e. The molecule has 1 fully saturated rings. The Kier molecular flexibility index (Phi) is 7.84. The van der Waals surface area contributed by atoms with Crippen LogP contribution in [0.25, 0.3) is 27.9 Å². The number of alkyl halides is 3. The van der Waals surface area contributed by atoms with Crippen LogP contribution < -0.4 is 15.5 Å². The Bertz CT molecular complexity index is 1750. The molecule has 5 aromatic rings. The van der Waals surface area contributed by atoms with Crippen molar-refractivity contribution in [3.63, 3.8) is 0 Å². The van der Waals surface area contributed by atoms with E-state index in [1.54, 1.807) is 23.0 Å². The second-order valence-corrected chi connectivity index (χ2v) is 8.97. The maximum atomic E-state index is 14.1. The topological polar surface area (TPSA) is 137 Å². The molecule has 0 atom stereocenters. The Labute approximate surface area is 232 Å². The van der Waals surface area contributed by atoms with Crippen LogP contribution in [0.15, 0.2) is 42.7 Å². The molecule has 6 rings (SSSR count). The second-order valence-electron chi connectivity index (χ2n) is 8.97. The van der Waals surface area contributed by atoms with Crippen LogP contribution in [0.1, 0.15) is 5.82 Å². The number of aliphatic carboxylic acids is 1. The van der Waals surface area contributed by atoms with E-state index < -0.39 is 23.8 Å². The number of nitrogens with zero attached hydrogens (tertiary/aromatic N) is 6. The number of halogens is 6. The molecule has 4 N–H and O–H groups in total. The average Bonchev–Trinajstić information content (AvgIpc) is 3.59. The number of piperazine rings is 1. The number of rotatable bonds is 5. The van der Waals surface area contributed by atoms with E-state index in [1.165, 1.54) is 18.2 Å². The lowest BCUT2D eigenvalue weighted by Crippen LogP contribution is -2.44. The van der Waals surface area contributed by atoms with Gasteiger partial charge in [0.25, 0.3) is 0 Å². The van der Waals surface area contributed by atoms with Crippen molar-refractivity contribution < 1.29 is 36.2 Å². The molecule has 17 heteroatoms. The van der Waals surface area contributed by atoms with E-state index in [0.29, 0.717) is 40.0 Å². The number of hydrogen-bond donors (Lipinski definition) is 4. The summed E-state index contributed by atoms with van der Waals surface area (Å²) in [5.74, 6) is -3.71. The fraction of sp³-hybridized carbons (Fsp3) is 0.240. The van der Waals surface area contributed by atoms with Gasteiger partial charge < -0.3 is 25.6 Å². The highest BCUT2D eigenvalue weighted by atomic mass is 19.4. The molecule has 1 aliphatic heterocycles. The third kappa shape index (κ3) is 6.04. The summed E-state index contributed by atoms with van der Waals surface area (Å²) in [4.78, 5) is 32.0. The van der Waals surface area contributed by atoms with Crippen molar-refractivity contribution in [3.05, 3.63) is 66.0 Å². The molecule has 1 aliphatic rings. The molecule has 0 bridgehead atoms. The van der Waals surface area contributed by atoms with Gasteiger partial charge in [-0.3, -0.25) is 4.57 Å². The van der Waals surface area contributed by atoms with Gasteiger partial charge in [-0.15, -0.1) is 0 Å². The molecule has 11 nitrogen and oxygen atoms in total. The molecule has 0 saturated carbocycles. The number of benzene rings is 2. The molecular weight excluding hydrogens is 572 g/mol. The fourth-order valence-corrected chi connectivity index (χ4v) is 4.15. The first-order chi connectivity index (χ1) is 20.0. The van der Waals surface area contributed by atoms with Gasteiger partial charge >= 0.3 is 12.1 Å². The number of carboxylic acid groups (broad SMARTS) is 1. The maximum Gasteiger partial charge on any atom is 0.490 e. The molecule has 3 aromatic heterocycles. The predicted octanol–water partition coefficient (Wildman–Crippen LogP) is 3.76. The van der Waals surface area contributed by atoms with Crippen LogP contribution >= 0.6 is 0 Å². The summed E-state index contributed by atoms with van der Waals surface area (Å²) in [5.41, 5.74) is 1.91. The lowest BCUT2D eigenvalue weighted by Gasteiger charge is -2.27. The molecule has 1 saturated heterocycles. The number of imidazole rings is 2. The quantitative estimate of drug-likeness (QED) is 0.225. The Morgan fingerprint density at radius 2 is 1.76 bits per heavy atom. The minimum absolute atomic E-state index is 0.0634. The van der Waals surface area contributed by atoms with E-state index in [0.717, 1.165) is 32.2 Å². The smallest absolute Gasteiger partial charge is 0.475 e. The lowest BCUT2D eigenvalue weighted by molar-refractivity contribution is -0.192. The van der Waals surface area contributed by atoms with E-state index in [2.05, 4.69) is 30.5 Å². The molecule has 0 radical (unpaired) electrons. The normalized spacial score (nSPS) is 13.7. The van der Waals surface area contributed by atoms with Gasteiger partial charge in [0.1, 0.15) is 23.5 Å². The zero-order chi connectivity index (χ0) is 30.0. The average molecular weight is 593 g/mol. The van der Waals surface area contributed by atoms with Gasteiger partial charge in [0.15, 0.2) is 28.6 Å². The molecule has 0 unspecified atom stereocenters. The highest BCUT2D eigenvalue weighted by Crippen LogP contribution is 2.26. The SMILES string of the molecule is Fc1cccc(-n2cnc3c(NCc4nc5c(F)c(F)ccc5[nH]4)nc(N4CCNCC4)nc32)c1.O=C(O)C(F)(F)F. The molecular formula is C25H21F6N9O2. The van der Waals surface area contributed by atoms with Crippen LogP contribution in [0.3, 0.4) is 0 Å². The summed E-state index contributed by atoms with van der Waals surface area (Å²) in [7, 11) is 0. The zero-order valence-electron chi connectivity index (χ0n) is 21.4. The summed E-state index contributed by atoms with van der Waals surface area (Å²) in [6.07, 6.45) is -3.51. The number of fused-ring (bicyclic) bond motifs is 2. The summed E-state index contributed by atoms with van der Waals surface area (Å²) >= 11 is 0. The summed E-state index contributed by atoms with van der Waals surface area (Å²) < 4.78 is 75.0. The van der Waals surface area contributed by atoms with E-state index in [4.69, 9.17) is 19.9 Å². The maximum absolute atomic E-state index is 14.1. The van der Waals surface area contributed by atoms with Gasteiger partial charge in [0.05, 0.1) is 17.7 Å². The molecule has 0 amide bonds. The number of H-pyrrole nitrogens is 1. The first-order valence-electron chi connectivity index (χ1n) is 12.3. The van der Waals surface area contributed by atoms with Crippen LogP contribution in [-0.4, -0.2) is 72.9 Å². The third-order valence-corrected chi connectivity index (χ3v) is 6.13. The van der Waals surface area contributed by atoms with E-state index in [-0.39, 0.29) is 17.9 Å². The number of carbonyl (C=O) groups is 1. The van der Waals surface area contributed by atoms with Gasteiger partial charge in [0, 0.05) is 26.2 Å². The number of aromatic amines is 1. The Morgan fingerprint density at radius 3 is 2.45 bits per heavy atom. The van der Waals surface area contributed by atoms with Crippen molar-refractivity contribution in [1.82, 2.24) is 34.8 Å². The molecule has 4 heterocycles. The third-order valence-electron chi connectivity index (χ3n) is 6.13. The minimum atomic E-state index is -5.08. The number of anilines is 2. The summed E-state index contributed by atoms with van der Waals surface area (Å²) in [6.45, 7) is 3.22. The number of nitrogens with one attached hydrogen (secondary N) is 3. The van der Waals surface area contributed by atoms with Gasteiger partial charge in [-0.2, -0.15) is 23.1 Å². The van der Waals surface area contributed by atoms with Crippen molar-refractivity contribution in [2.45, 2.75) is 12.7 Å². The van der Waals surface area contributed by atoms with Crippen LogP contribution in [-0.2, 0) is 11.3 Å². The Hall–Kier alpha value is -4.93. The first-order valence-corrected chi connectivity index (χ1v) is 12.3. The molecule has 42 heavy (non-hydrogen) atoms. The number of aromatic nitrogens is 6. The largest absolute Gasteiger partial charge is 0.490 e. The van der Waals surface area contributed by atoms with Crippen LogP contribution in [0.5, 0.6) is 0 Å². The molecule has 0 spiro atoms. The highest BCUT2D eigenvalue weighted by Gasteiger charge is 2.38. The van der Waals surface area contributed by atoms with Crippen LogP contribution in [0.4, 0.5) is 38.1 Å². The van der Waals surface area contributed by atoms with Gasteiger partial charge in [-0.25, -0.2) is 27.9 Å². The zero-order valence-corrected chi connectivity index (χ0v) is 21.4. The van der Waals surface area contributed by atoms with Crippen molar-refractivity contribution in [3.8, 4) is 5.69 Å². The van der Waals surface area contributed by atoms with Gasteiger partial charge in [-0.05, 0) is 30.3 Å². The van der Waals surface area contributed by atoms with Gasteiger partial charge in [-0.1, -0.05) is 6.07 Å². The Morgan fingerprint density at radius 1 is 1.02 bits per heavy atom. The highest BCUT2D eigenvalue weighted by molar-refractivity contribution is 5.85. The van der Waals surface area contributed by atoms with Crippen LogP contribution in [0, 0.1) is 17.5 Å². The number of hydrogen-bond acceptors (Lipinski definition) is 8. The standard InChI is InChI=1S/C23H20F3N9.C2HF3O2/c24-13-2-1-3-14(10-13)35-12-29-20-21(32-23(33-22(20)35)34-8-6-27-7-9-34)28-11-17-30-16-5-4-15(25)18(26)19(16)31-17;3-2(4,5)1(6)7/h1-5,10,12,27H,6-9,11H2,(H,30,31)(H,28,32,33);(H,6,7). The van der Waals surface area contributed by atoms with Crippen molar-refractivity contribution in [1.29, 1.82) is 0 Å². The first kappa shape index (κ1) is 28.6. The predicted molar refractivity (Wildman–Crippen MR) is 139 cm³/mol. The fourth-order valence-electron chi connectivity index (χ4n) is 4.15. The molecule has 220 valence electrons. The van der Waals surface area contributed by atoms with Crippen molar-refractivity contribution >= 4 is 39.9 Å². The molecule has 2 aromatic carbocycles. The Balaban J connectivity index is 0.000000451. The van der Waals surface area contributed by atoms with E-state index >= 15 is 0 Å². The monoisotopic (exact) mass is 593 g/mol. The summed E-state index contributed by atoms with van der Waals surface area (Å²) in [5, 5.41) is 13.6. The van der Waals surface area contributed by atoms with Gasteiger partial charge in [0.2, 0.25) is 5.95 Å². The van der Waals surface area contributed by atoms with Crippen LogP contribution in [0.2, 0.25) is 0 Å². The number of carboxylic acids is 1. The molecule has 0 aliphatic carbocycles. The van der Waals surface area contributed by atoms with E-state index in [9.17, 15) is 26.3 Å². The second kappa shape index (κ2) is 11.5.